The number of hydrogen-bond acceptors (Lipinski definition) is 3. The van der Waals surface area contributed by atoms with E-state index in [9.17, 15) is 0 Å². The van der Waals surface area contributed by atoms with Crippen molar-refractivity contribution in [2.24, 2.45) is 0 Å². The Hall–Kier alpha value is -2.16. The summed E-state index contributed by atoms with van der Waals surface area (Å²) in [5.41, 5.74) is 9.00. The van der Waals surface area contributed by atoms with Crippen LogP contribution in [-0.2, 0) is 0 Å². The van der Waals surface area contributed by atoms with E-state index in [1.165, 1.54) is 5.56 Å². The number of nitrogens with two attached hydrogens (primary N) is 1. The van der Waals surface area contributed by atoms with E-state index in [0.717, 1.165) is 30.1 Å². The second-order valence-electron chi connectivity index (χ2n) is 5.25. The standard InChI is InChI=1S/C18H24N2O/c1-3-21-18-12-16(19)11-17(13-18)20-10-9-14(2)15-7-5-4-6-8-15/h4-8,11-14,20H,3,9-10,19H2,1-2H3. The summed E-state index contributed by atoms with van der Waals surface area (Å²) in [7, 11) is 0. The lowest BCUT2D eigenvalue weighted by Crippen LogP contribution is -2.06. The number of hydrogen-bond donors (Lipinski definition) is 2. The van der Waals surface area contributed by atoms with Crippen molar-refractivity contribution in [3.05, 3.63) is 54.1 Å². The fourth-order valence-corrected chi connectivity index (χ4v) is 2.36. The number of ether oxygens (including phenoxy) is 1. The van der Waals surface area contributed by atoms with E-state index in [4.69, 9.17) is 10.5 Å². The van der Waals surface area contributed by atoms with E-state index in [1.54, 1.807) is 0 Å². The van der Waals surface area contributed by atoms with Gasteiger partial charge in [0.15, 0.2) is 0 Å². The predicted octanol–water partition coefficient (Wildman–Crippen LogP) is 4.27. The molecule has 1 atom stereocenters. The molecule has 0 radical (unpaired) electrons. The zero-order valence-electron chi connectivity index (χ0n) is 12.8. The maximum absolute atomic E-state index is 5.89. The summed E-state index contributed by atoms with van der Waals surface area (Å²) in [4.78, 5) is 0. The third-order valence-electron chi connectivity index (χ3n) is 3.51. The zero-order valence-corrected chi connectivity index (χ0v) is 12.8. The molecule has 0 fully saturated rings. The molecule has 21 heavy (non-hydrogen) atoms. The zero-order chi connectivity index (χ0) is 15.1. The highest BCUT2D eigenvalue weighted by molar-refractivity contribution is 5.59. The summed E-state index contributed by atoms with van der Waals surface area (Å²) >= 11 is 0. The molecule has 0 aliphatic heterocycles. The van der Waals surface area contributed by atoms with Crippen LogP contribution in [0.15, 0.2) is 48.5 Å². The number of rotatable bonds is 7. The van der Waals surface area contributed by atoms with Crippen LogP contribution in [0.3, 0.4) is 0 Å². The summed E-state index contributed by atoms with van der Waals surface area (Å²) in [6, 6.07) is 16.4. The predicted molar refractivity (Wildman–Crippen MR) is 90.0 cm³/mol. The molecule has 0 aliphatic rings. The van der Waals surface area contributed by atoms with Crippen molar-refractivity contribution in [3.63, 3.8) is 0 Å². The summed E-state index contributed by atoms with van der Waals surface area (Å²) < 4.78 is 5.50. The molecule has 3 heteroatoms. The minimum Gasteiger partial charge on any atom is -0.494 e. The van der Waals surface area contributed by atoms with Crippen molar-refractivity contribution in [3.8, 4) is 5.75 Å². The summed E-state index contributed by atoms with van der Waals surface area (Å²) in [5, 5.41) is 3.42. The highest BCUT2D eigenvalue weighted by Crippen LogP contribution is 2.23. The average Bonchev–Trinajstić information content (AvgIpc) is 2.48. The van der Waals surface area contributed by atoms with Crippen LogP contribution in [0, 0.1) is 0 Å². The van der Waals surface area contributed by atoms with Gasteiger partial charge in [-0.25, -0.2) is 0 Å². The Bertz CT molecular complexity index is 554. The molecule has 3 nitrogen and oxygen atoms in total. The highest BCUT2D eigenvalue weighted by Gasteiger charge is 2.05. The number of benzene rings is 2. The van der Waals surface area contributed by atoms with Gasteiger partial charge in [-0.05, 0) is 30.9 Å². The summed E-state index contributed by atoms with van der Waals surface area (Å²) in [6.07, 6.45) is 1.07. The van der Waals surface area contributed by atoms with Gasteiger partial charge in [-0.15, -0.1) is 0 Å². The van der Waals surface area contributed by atoms with Crippen LogP contribution in [-0.4, -0.2) is 13.2 Å². The van der Waals surface area contributed by atoms with Gasteiger partial charge < -0.3 is 15.8 Å². The minimum absolute atomic E-state index is 0.533. The van der Waals surface area contributed by atoms with Crippen molar-refractivity contribution in [2.45, 2.75) is 26.2 Å². The lowest BCUT2D eigenvalue weighted by Gasteiger charge is -2.14. The van der Waals surface area contributed by atoms with E-state index in [-0.39, 0.29) is 0 Å². The van der Waals surface area contributed by atoms with Gasteiger partial charge in [-0.3, -0.25) is 0 Å². The average molecular weight is 284 g/mol. The largest absolute Gasteiger partial charge is 0.494 e. The van der Waals surface area contributed by atoms with Crippen LogP contribution in [0.2, 0.25) is 0 Å². The van der Waals surface area contributed by atoms with Crippen LogP contribution in [0.1, 0.15) is 31.7 Å². The number of nitrogens with one attached hydrogen (secondary N) is 1. The van der Waals surface area contributed by atoms with Gasteiger partial charge >= 0.3 is 0 Å². The van der Waals surface area contributed by atoms with Crippen molar-refractivity contribution in [1.29, 1.82) is 0 Å². The molecule has 2 rings (SSSR count). The number of anilines is 2. The van der Waals surface area contributed by atoms with Crippen molar-refractivity contribution in [1.82, 2.24) is 0 Å². The molecule has 0 aliphatic carbocycles. The first kappa shape index (κ1) is 15.2. The van der Waals surface area contributed by atoms with Gasteiger partial charge in [0.1, 0.15) is 5.75 Å². The maximum Gasteiger partial charge on any atom is 0.123 e. The quantitative estimate of drug-likeness (QED) is 0.746. The fourth-order valence-electron chi connectivity index (χ4n) is 2.36. The van der Waals surface area contributed by atoms with Crippen LogP contribution >= 0.6 is 0 Å². The van der Waals surface area contributed by atoms with Crippen molar-refractivity contribution < 1.29 is 4.74 Å². The third kappa shape index (κ3) is 4.71. The second-order valence-corrected chi connectivity index (χ2v) is 5.25. The number of nitrogen functional groups attached to an aromatic ring is 1. The molecule has 0 bridgehead atoms. The molecule has 2 aromatic carbocycles. The molecule has 0 aromatic heterocycles. The van der Waals surface area contributed by atoms with Crippen molar-refractivity contribution in [2.75, 3.05) is 24.2 Å². The van der Waals surface area contributed by atoms with Crippen LogP contribution in [0.4, 0.5) is 11.4 Å². The molecule has 0 amide bonds. The molecule has 0 saturated heterocycles. The Morgan fingerprint density at radius 2 is 1.90 bits per heavy atom. The Balaban J connectivity index is 1.88. The lowest BCUT2D eigenvalue weighted by atomic mass is 9.98. The summed E-state index contributed by atoms with van der Waals surface area (Å²) in [5.74, 6) is 1.35. The first-order valence-electron chi connectivity index (χ1n) is 7.51. The van der Waals surface area contributed by atoms with E-state index in [0.29, 0.717) is 12.5 Å². The van der Waals surface area contributed by atoms with E-state index >= 15 is 0 Å². The smallest absolute Gasteiger partial charge is 0.123 e. The molecular formula is C18H24N2O. The molecule has 0 heterocycles. The molecule has 1 unspecified atom stereocenters. The van der Waals surface area contributed by atoms with E-state index < -0.39 is 0 Å². The SMILES string of the molecule is CCOc1cc(N)cc(NCCC(C)c2ccccc2)c1. The summed E-state index contributed by atoms with van der Waals surface area (Å²) in [6.45, 7) is 5.78. The maximum atomic E-state index is 5.89. The molecule has 0 spiro atoms. The van der Waals surface area contributed by atoms with Gasteiger partial charge in [0.2, 0.25) is 0 Å². The van der Waals surface area contributed by atoms with E-state index in [2.05, 4.69) is 42.6 Å². The van der Waals surface area contributed by atoms with Gasteiger partial charge in [-0.1, -0.05) is 37.3 Å². The van der Waals surface area contributed by atoms with Crippen molar-refractivity contribution >= 4 is 11.4 Å². The Kier molecular flexibility index (Phi) is 5.50. The minimum atomic E-state index is 0.533. The van der Waals surface area contributed by atoms with Gasteiger partial charge in [0, 0.05) is 30.1 Å². The highest BCUT2D eigenvalue weighted by atomic mass is 16.5. The van der Waals surface area contributed by atoms with E-state index in [1.807, 2.05) is 25.1 Å². The third-order valence-corrected chi connectivity index (χ3v) is 3.51. The molecule has 0 saturated carbocycles. The lowest BCUT2D eigenvalue weighted by molar-refractivity contribution is 0.340. The second kappa shape index (κ2) is 7.58. The van der Waals surface area contributed by atoms with Gasteiger partial charge in [-0.2, -0.15) is 0 Å². The molecular weight excluding hydrogens is 260 g/mol. The normalized spacial score (nSPS) is 11.9. The molecule has 3 N–H and O–H groups in total. The topological polar surface area (TPSA) is 47.3 Å². The Morgan fingerprint density at radius 1 is 1.14 bits per heavy atom. The van der Waals surface area contributed by atoms with Gasteiger partial charge in [0.25, 0.3) is 0 Å². The first-order valence-corrected chi connectivity index (χ1v) is 7.51. The Morgan fingerprint density at radius 3 is 2.62 bits per heavy atom. The first-order chi connectivity index (χ1) is 10.2. The van der Waals surface area contributed by atoms with Crippen LogP contribution < -0.4 is 15.8 Å². The Labute approximate surface area is 127 Å². The van der Waals surface area contributed by atoms with Crippen LogP contribution in [0.5, 0.6) is 5.75 Å². The molecule has 112 valence electrons. The monoisotopic (exact) mass is 284 g/mol. The van der Waals surface area contributed by atoms with Crippen LogP contribution in [0.25, 0.3) is 0 Å². The molecule has 2 aromatic rings. The van der Waals surface area contributed by atoms with Gasteiger partial charge in [0.05, 0.1) is 6.61 Å². The fraction of sp³-hybridized carbons (Fsp3) is 0.333.